The van der Waals surface area contributed by atoms with Crippen LogP contribution in [0.25, 0.3) is 0 Å². The van der Waals surface area contributed by atoms with E-state index in [4.69, 9.17) is 15.0 Å². The Bertz CT molecular complexity index is 1160. The number of halogens is 3. The summed E-state index contributed by atoms with van der Waals surface area (Å²) < 4.78 is 31.7. The molecule has 36 heavy (non-hydrogen) atoms. The lowest BCUT2D eigenvalue weighted by Gasteiger charge is -2.35. The number of fused-ring (bicyclic) bond motifs is 2. The lowest BCUT2D eigenvalue weighted by Crippen LogP contribution is -2.38. The van der Waals surface area contributed by atoms with Crippen molar-refractivity contribution in [1.82, 2.24) is 4.90 Å². The van der Waals surface area contributed by atoms with E-state index in [1.807, 2.05) is 0 Å². The van der Waals surface area contributed by atoms with Crippen molar-refractivity contribution in [3.63, 3.8) is 0 Å². The molecular weight excluding hydrogens is 471 g/mol. The molecule has 0 amide bonds. The second kappa shape index (κ2) is 11.2. The third-order valence-electron chi connectivity index (χ3n) is 6.49. The van der Waals surface area contributed by atoms with Crippen LogP contribution in [0.3, 0.4) is 0 Å². The topological polar surface area (TPSA) is 77.8 Å². The minimum Gasteiger partial charge on any atom is -0.481 e. The zero-order valence-corrected chi connectivity index (χ0v) is 20.4. The Morgan fingerprint density at radius 3 is 2.14 bits per heavy atom. The van der Waals surface area contributed by atoms with Crippen LogP contribution >= 0.6 is 0 Å². The third-order valence-corrected chi connectivity index (χ3v) is 6.49. The van der Waals surface area contributed by atoms with Crippen LogP contribution < -0.4 is 0 Å². The van der Waals surface area contributed by atoms with E-state index in [0.29, 0.717) is 5.92 Å². The summed E-state index contributed by atoms with van der Waals surface area (Å²) in [6, 6.07) is 15.2. The minimum atomic E-state index is -5.08. The second-order valence-electron chi connectivity index (χ2n) is 9.69. The number of rotatable bonds is 5. The molecule has 2 aromatic rings. The van der Waals surface area contributed by atoms with E-state index in [1.54, 1.807) is 0 Å². The van der Waals surface area contributed by atoms with Crippen molar-refractivity contribution in [2.45, 2.75) is 63.6 Å². The molecule has 192 valence electrons. The van der Waals surface area contributed by atoms with E-state index in [1.165, 1.54) is 29.5 Å². The number of hydrogen-bond donors (Lipinski definition) is 2. The summed E-state index contributed by atoms with van der Waals surface area (Å²) in [6.07, 6.45) is -1.66. The Labute approximate surface area is 208 Å². The first-order chi connectivity index (χ1) is 16.9. The number of hydrogen-bond acceptors (Lipinski definition) is 3. The van der Waals surface area contributed by atoms with Gasteiger partial charge in [0.2, 0.25) is 0 Å². The Balaban J connectivity index is 0.000000454. The van der Waals surface area contributed by atoms with Gasteiger partial charge in [-0.3, -0.25) is 9.69 Å². The number of nitrogens with zero attached hydrogens (tertiary/aromatic N) is 1. The number of alkyl halides is 3. The average Bonchev–Trinajstić information content (AvgIpc) is 3.57. The van der Waals surface area contributed by atoms with Gasteiger partial charge < -0.3 is 10.2 Å². The zero-order valence-electron chi connectivity index (χ0n) is 20.4. The highest BCUT2D eigenvalue weighted by molar-refractivity contribution is 5.73. The van der Waals surface area contributed by atoms with Gasteiger partial charge in [-0.2, -0.15) is 13.2 Å². The molecule has 2 aromatic carbocycles. The standard InChI is InChI=1S/C26H29NO2.C2HF3O2/c1-19(2)22-10-7-20(8-11-22)5-6-21-9-12-23-17-27(15-3-4-25(28)29)18-26(13-14-26)24(23)16-21;3-2(4,5)1(6)7/h7-12,16,19H,3-4,13-15,17-18H2,1-2H3,(H,28,29);(H,6,7). The maximum absolute atomic E-state index is 10.8. The molecule has 1 aliphatic heterocycles. The molecule has 8 heteroatoms. The average molecular weight is 502 g/mol. The van der Waals surface area contributed by atoms with Crippen molar-refractivity contribution in [3.05, 3.63) is 70.3 Å². The molecule has 0 unspecified atom stereocenters. The highest BCUT2D eigenvalue weighted by Gasteiger charge is 2.48. The van der Waals surface area contributed by atoms with Crippen LogP contribution in [0.1, 0.15) is 73.3 Å². The normalized spacial score (nSPS) is 15.8. The summed E-state index contributed by atoms with van der Waals surface area (Å²) in [6.45, 7) is 7.24. The van der Waals surface area contributed by atoms with Gasteiger partial charge >= 0.3 is 18.1 Å². The first kappa shape index (κ1) is 27.3. The molecule has 0 atom stereocenters. The van der Waals surface area contributed by atoms with E-state index in [-0.39, 0.29) is 11.8 Å². The Morgan fingerprint density at radius 1 is 1.03 bits per heavy atom. The smallest absolute Gasteiger partial charge is 0.481 e. The van der Waals surface area contributed by atoms with Crippen molar-refractivity contribution in [2.75, 3.05) is 13.1 Å². The molecule has 1 heterocycles. The quantitative estimate of drug-likeness (QED) is 0.525. The monoisotopic (exact) mass is 501 g/mol. The van der Waals surface area contributed by atoms with E-state index in [0.717, 1.165) is 37.2 Å². The predicted molar refractivity (Wildman–Crippen MR) is 130 cm³/mol. The molecular formula is C28H30F3NO4. The van der Waals surface area contributed by atoms with Crippen molar-refractivity contribution in [2.24, 2.45) is 0 Å². The van der Waals surface area contributed by atoms with Gasteiger partial charge in [0.1, 0.15) is 0 Å². The lowest BCUT2D eigenvalue weighted by atomic mass is 9.85. The van der Waals surface area contributed by atoms with Gasteiger partial charge in [0.05, 0.1) is 0 Å². The van der Waals surface area contributed by atoms with Crippen LogP contribution in [0.4, 0.5) is 13.2 Å². The second-order valence-corrected chi connectivity index (χ2v) is 9.69. The van der Waals surface area contributed by atoms with Crippen LogP contribution in [0, 0.1) is 11.8 Å². The lowest BCUT2D eigenvalue weighted by molar-refractivity contribution is -0.192. The maximum Gasteiger partial charge on any atom is 0.490 e. The van der Waals surface area contributed by atoms with Crippen LogP contribution in [0.15, 0.2) is 42.5 Å². The van der Waals surface area contributed by atoms with Crippen molar-refractivity contribution in [1.29, 1.82) is 0 Å². The predicted octanol–water partition coefficient (Wildman–Crippen LogP) is 5.56. The number of carbonyl (C=O) groups is 2. The molecule has 0 radical (unpaired) electrons. The van der Waals surface area contributed by atoms with Crippen LogP contribution in [-0.2, 0) is 21.5 Å². The molecule has 1 aliphatic carbocycles. The molecule has 0 bridgehead atoms. The highest BCUT2D eigenvalue weighted by atomic mass is 19.4. The highest BCUT2D eigenvalue weighted by Crippen LogP contribution is 2.52. The Morgan fingerprint density at radius 2 is 1.61 bits per heavy atom. The summed E-state index contributed by atoms with van der Waals surface area (Å²) >= 11 is 0. The van der Waals surface area contributed by atoms with E-state index in [2.05, 4.69) is 73.1 Å². The fourth-order valence-electron chi connectivity index (χ4n) is 4.38. The van der Waals surface area contributed by atoms with Gasteiger partial charge in [0, 0.05) is 36.1 Å². The van der Waals surface area contributed by atoms with E-state index >= 15 is 0 Å². The third kappa shape index (κ3) is 7.34. The molecule has 2 aliphatic rings. The maximum atomic E-state index is 10.8. The summed E-state index contributed by atoms with van der Waals surface area (Å²) in [5.74, 6) is 3.75. The summed E-state index contributed by atoms with van der Waals surface area (Å²) in [7, 11) is 0. The minimum absolute atomic E-state index is 0.253. The first-order valence-electron chi connectivity index (χ1n) is 11.9. The Hall–Kier alpha value is -3.31. The van der Waals surface area contributed by atoms with Gasteiger partial charge in [0.25, 0.3) is 0 Å². The molecule has 2 N–H and O–H groups in total. The molecule has 4 rings (SSSR count). The first-order valence-corrected chi connectivity index (χ1v) is 11.9. The SMILES string of the molecule is CC(C)c1ccc(C#Cc2ccc3c(c2)C2(CC2)CN(CCCC(=O)O)C3)cc1.O=C(O)C(F)(F)F. The molecule has 1 fully saturated rings. The van der Waals surface area contributed by atoms with E-state index < -0.39 is 18.1 Å². The van der Waals surface area contributed by atoms with Gasteiger partial charge in [-0.15, -0.1) is 0 Å². The Kier molecular flexibility index (Phi) is 8.47. The largest absolute Gasteiger partial charge is 0.490 e. The van der Waals surface area contributed by atoms with Crippen LogP contribution in [-0.4, -0.2) is 46.3 Å². The van der Waals surface area contributed by atoms with E-state index in [9.17, 15) is 18.0 Å². The molecule has 0 aromatic heterocycles. The zero-order chi connectivity index (χ0) is 26.5. The van der Waals surface area contributed by atoms with Crippen molar-refractivity contribution < 1.29 is 33.0 Å². The van der Waals surface area contributed by atoms with Crippen molar-refractivity contribution in [3.8, 4) is 11.8 Å². The fraction of sp³-hybridized carbons (Fsp3) is 0.429. The summed E-state index contributed by atoms with van der Waals surface area (Å²) in [5, 5.41) is 16.0. The molecule has 1 spiro atoms. The number of benzene rings is 2. The van der Waals surface area contributed by atoms with Crippen molar-refractivity contribution >= 4 is 11.9 Å². The number of carboxylic acid groups (broad SMARTS) is 2. The van der Waals surface area contributed by atoms with Crippen LogP contribution in [0.5, 0.6) is 0 Å². The molecule has 1 saturated carbocycles. The van der Waals surface area contributed by atoms with Gasteiger partial charge in [-0.25, -0.2) is 4.79 Å². The number of carboxylic acids is 2. The fourth-order valence-corrected chi connectivity index (χ4v) is 4.38. The summed E-state index contributed by atoms with van der Waals surface area (Å²) in [5.41, 5.74) is 6.60. The van der Waals surface area contributed by atoms with Gasteiger partial charge in [-0.05, 0) is 72.7 Å². The molecule has 5 nitrogen and oxygen atoms in total. The summed E-state index contributed by atoms with van der Waals surface area (Å²) in [4.78, 5) is 22.1. The van der Waals surface area contributed by atoms with Gasteiger partial charge in [0.15, 0.2) is 0 Å². The van der Waals surface area contributed by atoms with Gasteiger partial charge in [-0.1, -0.05) is 43.9 Å². The van der Waals surface area contributed by atoms with Crippen LogP contribution in [0.2, 0.25) is 0 Å². The molecule has 0 saturated heterocycles. The number of aliphatic carboxylic acids is 2.